The first kappa shape index (κ1) is 19.3. The number of nitrogens with zero attached hydrogens (tertiary/aromatic N) is 1. The van der Waals surface area contributed by atoms with Crippen molar-refractivity contribution in [3.05, 3.63) is 39.9 Å². The van der Waals surface area contributed by atoms with Crippen molar-refractivity contribution in [1.29, 1.82) is 5.26 Å². The van der Waals surface area contributed by atoms with E-state index in [1.807, 2.05) is 13.8 Å². The first-order valence-electron chi connectivity index (χ1n) is 7.36. The highest BCUT2D eigenvalue weighted by molar-refractivity contribution is 6.36. The molecule has 0 unspecified atom stereocenters. The van der Waals surface area contributed by atoms with Crippen LogP contribution >= 0.6 is 23.2 Å². The number of carbonyl (C=O) groups excluding carboxylic acids is 1. The highest BCUT2D eigenvalue weighted by Gasteiger charge is 2.26. The highest BCUT2D eigenvalue weighted by atomic mass is 35.5. The van der Waals surface area contributed by atoms with Gasteiger partial charge < -0.3 is 10.1 Å². The van der Waals surface area contributed by atoms with Gasteiger partial charge in [-0.05, 0) is 43.5 Å². The van der Waals surface area contributed by atoms with Crippen LogP contribution in [0.2, 0.25) is 10.0 Å². The molecule has 0 spiro atoms. The summed E-state index contributed by atoms with van der Waals surface area (Å²) in [7, 11) is 0. The minimum Gasteiger partial charge on any atom is -0.488 e. The van der Waals surface area contributed by atoms with Gasteiger partial charge in [-0.2, -0.15) is 5.26 Å². The molecule has 6 heteroatoms. The quantitative estimate of drug-likeness (QED) is 0.736. The molecule has 0 saturated heterocycles. The zero-order chi connectivity index (χ0) is 17.5. The normalized spacial score (nSPS) is 11.3. The monoisotopic (exact) mass is 354 g/mol. The van der Waals surface area contributed by atoms with E-state index >= 15 is 0 Å². The van der Waals surface area contributed by atoms with Crippen LogP contribution in [0.1, 0.15) is 32.3 Å². The van der Waals surface area contributed by atoms with Gasteiger partial charge in [0, 0.05) is 11.1 Å². The summed E-state index contributed by atoms with van der Waals surface area (Å²) in [6.07, 6.45) is 4.03. The van der Waals surface area contributed by atoms with Crippen LogP contribution in [0.5, 0.6) is 5.75 Å². The van der Waals surface area contributed by atoms with Crippen molar-refractivity contribution in [2.45, 2.75) is 39.2 Å². The second-order valence-corrected chi connectivity index (χ2v) is 5.87. The Balaban J connectivity index is 2.59. The van der Waals surface area contributed by atoms with E-state index in [-0.39, 0.29) is 12.5 Å². The number of nitrogens with one attached hydrogen (secondary N) is 1. The lowest BCUT2D eigenvalue weighted by atomic mass is 9.95. The van der Waals surface area contributed by atoms with Crippen LogP contribution in [0.15, 0.2) is 24.3 Å². The summed E-state index contributed by atoms with van der Waals surface area (Å²) in [5.41, 5.74) is -0.0731. The molecule has 1 aromatic carbocycles. The molecular weight excluding hydrogens is 335 g/mol. The predicted molar refractivity (Wildman–Crippen MR) is 92.9 cm³/mol. The zero-order valence-electron chi connectivity index (χ0n) is 13.5. The third kappa shape index (κ3) is 5.16. The molecular formula is C17H20Cl2N2O2. The summed E-state index contributed by atoms with van der Waals surface area (Å²) in [6, 6.07) is 5.54. The molecule has 0 aromatic heterocycles. The number of ether oxygens (including phenoxy) is 1. The number of halogens is 2. The van der Waals surface area contributed by atoms with Gasteiger partial charge in [-0.1, -0.05) is 37.0 Å². The minimum absolute atomic E-state index is 0.187. The SMILES string of the molecule is CCC(C#N)(CC)NC(=O)/C=C/COc1ccc(Cl)c(C)c1Cl. The van der Waals surface area contributed by atoms with Gasteiger partial charge in [0.05, 0.1) is 11.1 Å². The number of carbonyl (C=O) groups is 1. The lowest BCUT2D eigenvalue weighted by Crippen LogP contribution is -2.45. The smallest absolute Gasteiger partial charge is 0.245 e. The molecule has 0 heterocycles. The molecule has 1 rings (SSSR count). The van der Waals surface area contributed by atoms with Crippen molar-refractivity contribution in [3.8, 4) is 11.8 Å². The summed E-state index contributed by atoms with van der Waals surface area (Å²) in [5, 5.41) is 12.9. The van der Waals surface area contributed by atoms with Crippen molar-refractivity contribution in [1.82, 2.24) is 5.32 Å². The first-order valence-corrected chi connectivity index (χ1v) is 8.12. The summed E-state index contributed by atoms with van der Waals surface area (Å²) < 4.78 is 5.51. The molecule has 0 fully saturated rings. The van der Waals surface area contributed by atoms with Crippen molar-refractivity contribution in [2.24, 2.45) is 0 Å². The number of rotatable bonds is 7. The summed E-state index contributed by atoms with van der Waals surface area (Å²) in [4.78, 5) is 11.9. The van der Waals surface area contributed by atoms with Crippen LogP contribution in [0.4, 0.5) is 0 Å². The van der Waals surface area contributed by atoms with E-state index in [4.69, 9.17) is 27.9 Å². The molecule has 124 valence electrons. The fraction of sp³-hybridized carbons (Fsp3) is 0.412. The third-order valence-electron chi connectivity index (χ3n) is 3.67. The topological polar surface area (TPSA) is 62.1 Å². The number of hydrogen-bond donors (Lipinski definition) is 1. The van der Waals surface area contributed by atoms with Crippen LogP contribution < -0.4 is 10.1 Å². The Labute approximate surface area is 147 Å². The Morgan fingerprint density at radius 2 is 2.04 bits per heavy atom. The van der Waals surface area contributed by atoms with Gasteiger partial charge in [0.15, 0.2) is 0 Å². The molecule has 0 aliphatic rings. The van der Waals surface area contributed by atoms with Crippen LogP contribution in [-0.4, -0.2) is 18.1 Å². The van der Waals surface area contributed by atoms with E-state index in [0.29, 0.717) is 28.6 Å². The fourth-order valence-corrected chi connectivity index (χ4v) is 2.36. The highest BCUT2D eigenvalue weighted by Crippen LogP contribution is 2.32. The number of benzene rings is 1. The molecule has 4 nitrogen and oxygen atoms in total. The average Bonchev–Trinajstić information content (AvgIpc) is 2.56. The summed E-state index contributed by atoms with van der Waals surface area (Å²) in [6.45, 7) is 5.72. The maximum Gasteiger partial charge on any atom is 0.245 e. The van der Waals surface area contributed by atoms with Gasteiger partial charge in [-0.3, -0.25) is 4.79 Å². The van der Waals surface area contributed by atoms with Gasteiger partial charge in [0.1, 0.15) is 17.9 Å². The van der Waals surface area contributed by atoms with Crippen molar-refractivity contribution in [2.75, 3.05) is 6.61 Å². The standard InChI is InChI=1S/C17H20Cl2N2O2/c1-4-17(5-2,11-20)21-15(22)7-6-10-23-14-9-8-13(18)12(3)16(14)19/h6-9H,4-5,10H2,1-3H3,(H,21,22)/b7-6+. The molecule has 0 atom stereocenters. The second-order valence-electron chi connectivity index (χ2n) is 5.09. The molecule has 0 radical (unpaired) electrons. The number of amides is 1. The Kier molecular flexibility index (Phi) is 7.41. The van der Waals surface area contributed by atoms with E-state index < -0.39 is 5.54 Å². The molecule has 1 amide bonds. The lowest BCUT2D eigenvalue weighted by molar-refractivity contribution is -0.117. The van der Waals surface area contributed by atoms with Gasteiger partial charge in [-0.15, -0.1) is 0 Å². The minimum atomic E-state index is -0.821. The van der Waals surface area contributed by atoms with Crippen molar-refractivity contribution < 1.29 is 9.53 Å². The van der Waals surface area contributed by atoms with Crippen LogP contribution in [0.25, 0.3) is 0 Å². The Morgan fingerprint density at radius 3 is 2.61 bits per heavy atom. The molecule has 0 bridgehead atoms. The fourth-order valence-electron chi connectivity index (χ4n) is 1.93. The molecule has 1 aromatic rings. The zero-order valence-corrected chi connectivity index (χ0v) is 15.0. The lowest BCUT2D eigenvalue weighted by Gasteiger charge is -2.23. The molecule has 0 aliphatic heterocycles. The maximum absolute atomic E-state index is 11.9. The molecule has 0 aliphatic carbocycles. The largest absolute Gasteiger partial charge is 0.488 e. The van der Waals surface area contributed by atoms with Crippen molar-refractivity contribution >= 4 is 29.1 Å². The Bertz CT molecular complexity index is 632. The Hall–Kier alpha value is -1.70. The van der Waals surface area contributed by atoms with Crippen molar-refractivity contribution in [3.63, 3.8) is 0 Å². The van der Waals surface area contributed by atoms with Gasteiger partial charge >= 0.3 is 0 Å². The number of nitriles is 1. The van der Waals surface area contributed by atoms with Gasteiger partial charge in [0.2, 0.25) is 5.91 Å². The third-order valence-corrected chi connectivity index (χ3v) is 4.55. The average molecular weight is 355 g/mol. The van der Waals surface area contributed by atoms with E-state index in [9.17, 15) is 10.1 Å². The second kappa shape index (κ2) is 8.81. The number of hydrogen-bond acceptors (Lipinski definition) is 3. The molecule has 0 saturated carbocycles. The van der Waals surface area contributed by atoms with Gasteiger partial charge in [-0.25, -0.2) is 0 Å². The van der Waals surface area contributed by atoms with Crippen LogP contribution in [-0.2, 0) is 4.79 Å². The summed E-state index contributed by atoms with van der Waals surface area (Å²) >= 11 is 12.1. The predicted octanol–water partition coefficient (Wildman–Crippen LogP) is 4.44. The molecule has 23 heavy (non-hydrogen) atoms. The van der Waals surface area contributed by atoms with E-state index in [0.717, 1.165) is 5.56 Å². The first-order chi connectivity index (χ1) is 10.9. The van der Waals surface area contributed by atoms with Gasteiger partial charge in [0.25, 0.3) is 0 Å². The Morgan fingerprint density at radius 1 is 1.39 bits per heavy atom. The van der Waals surface area contributed by atoms with E-state index in [1.54, 1.807) is 25.1 Å². The van der Waals surface area contributed by atoms with E-state index in [1.165, 1.54) is 6.08 Å². The van der Waals surface area contributed by atoms with E-state index in [2.05, 4.69) is 11.4 Å². The molecule has 1 N–H and O–H groups in total. The maximum atomic E-state index is 11.9. The van der Waals surface area contributed by atoms with Crippen LogP contribution in [0, 0.1) is 18.3 Å². The van der Waals surface area contributed by atoms with Crippen LogP contribution in [0.3, 0.4) is 0 Å². The summed E-state index contributed by atoms with van der Waals surface area (Å²) in [5.74, 6) is 0.185.